The van der Waals surface area contributed by atoms with Crippen LogP contribution in [0.1, 0.15) is 23.6 Å². The van der Waals surface area contributed by atoms with E-state index < -0.39 is 0 Å². The van der Waals surface area contributed by atoms with Crippen LogP contribution in [0.4, 0.5) is 5.69 Å². The Morgan fingerprint density at radius 2 is 1.76 bits per heavy atom. The van der Waals surface area contributed by atoms with E-state index in [2.05, 4.69) is 24.4 Å². The van der Waals surface area contributed by atoms with Gasteiger partial charge in [0.25, 0.3) is 0 Å². The Labute approximate surface area is 131 Å². The Balaban J connectivity index is 1.88. The van der Waals surface area contributed by atoms with Crippen LogP contribution >= 0.6 is 11.8 Å². The summed E-state index contributed by atoms with van der Waals surface area (Å²) in [5, 5.41) is 2.88. The zero-order valence-electron chi connectivity index (χ0n) is 12.7. The standard InChI is InChI=1S/C18H21NOS/c1-13-8-10-17(11-9-13)19-18(20)15(3)21-12-16-7-5-4-6-14(16)2/h4-11,15H,12H2,1-3H3,(H,19,20)/t15-/m1/s1. The van der Waals surface area contributed by atoms with Crippen molar-refractivity contribution in [2.75, 3.05) is 5.32 Å². The van der Waals surface area contributed by atoms with E-state index in [1.165, 1.54) is 16.7 Å². The summed E-state index contributed by atoms with van der Waals surface area (Å²) in [5.74, 6) is 0.909. The molecule has 0 bridgehead atoms. The summed E-state index contributed by atoms with van der Waals surface area (Å²) >= 11 is 1.66. The largest absolute Gasteiger partial charge is 0.325 e. The number of nitrogens with one attached hydrogen (secondary N) is 1. The molecule has 1 N–H and O–H groups in total. The average molecular weight is 299 g/mol. The third-order valence-electron chi connectivity index (χ3n) is 3.44. The molecule has 0 fully saturated rings. The number of aryl methyl sites for hydroxylation is 2. The van der Waals surface area contributed by atoms with Crippen LogP contribution < -0.4 is 5.32 Å². The van der Waals surface area contributed by atoms with Crippen LogP contribution in [0.3, 0.4) is 0 Å². The van der Waals surface area contributed by atoms with Crippen molar-refractivity contribution in [2.45, 2.75) is 31.8 Å². The van der Waals surface area contributed by atoms with E-state index >= 15 is 0 Å². The van der Waals surface area contributed by atoms with Crippen LogP contribution in [0, 0.1) is 13.8 Å². The predicted octanol–water partition coefficient (Wildman–Crippen LogP) is 4.56. The minimum absolute atomic E-state index is 0.0532. The molecular formula is C18H21NOS. The Morgan fingerprint density at radius 3 is 2.43 bits per heavy atom. The van der Waals surface area contributed by atoms with Crippen LogP contribution in [0.2, 0.25) is 0 Å². The predicted molar refractivity (Wildman–Crippen MR) is 91.7 cm³/mol. The lowest BCUT2D eigenvalue weighted by Gasteiger charge is -2.13. The maximum Gasteiger partial charge on any atom is 0.237 e. The Bertz CT molecular complexity index is 607. The molecule has 2 nitrogen and oxygen atoms in total. The first kappa shape index (κ1) is 15.6. The molecule has 0 saturated carbocycles. The Hall–Kier alpha value is -1.74. The van der Waals surface area contributed by atoms with Gasteiger partial charge in [-0.25, -0.2) is 0 Å². The van der Waals surface area contributed by atoms with Crippen LogP contribution in [-0.4, -0.2) is 11.2 Å². The quantitative estimate of drug-likeness (QED) is 0.876. The molecule has 0 heterocycles. The normalized spacial score (nSPS) is 12.0. The number of hydrogen-bond acceptors (Lipinski definition) is 2. The first-order chi connectivity index (χ1) is 10.1. The molecule has 0 aliphatic heterocycles. The van der Waals surface area contributed by atoms with Gasteiger partial charge in [-0.2, -0.15) is 0 Å². The van der Waals surface area contributed by atoms with Gasteiger partial charge in [0.05, 0.1) is 5.25 Å². The Kier molecular flexibility index (Phi) is 5.45. The zero-order chi connectivity index (χ0) is 15.2. The van der Waals surface area contributed by atoms with Crippen LogP contribution in [0.15, 0.2) is 48.5 Å². The minimum atomic E-state index is -0.0779. The zero-order valence-corrected chi connectivity index (χ0v) is 13.5. The summed E-state index contributed by atoms with van der Waals surface area (Å²) in [6.07, 6.45) is 0. The smallest absolute Gasteiger partial charge is 0.237 e. The Morgan fingerprint density at radius 1 is 1.10 bits per heavy atom. The van der Waals surface area contributed by atoms with Gasteiger partial charge in [-0.05, 0) is 44.0 Å². The van der Waals surface area contributed by atoms with E-state index in [1.54, 1.807) is 11.8 Å². The molecule has 0 radical (unpaired) electrons. The molecule has 3 heteroatoms. The van der Waals surface area contributed by atoms with Crippen molar-refractivity contribution in [1.82, 2.24) is 0 Å². The van der Waals surface area contributed by atoms with Crippen molar-refractivity contribution in [2.24, 2.45) is 0 Å². The third-order valence-corrected chi connectivity index (χ3v) is 4.63. The van der Waals surface area contributed by atoms with Crippen molar-refractivity contribution in [3.63, 3.8) is 0 Å². The van der Waals surface area contributed by atoms with Gasteiger partial charge in [-0.3, -0.25) is 4.79 Å². The van der Waals surface area contributed by atoms with E-state index in [9.17, 15) is 4.79 Å². The highest BCUT2D eigenvalue weighted by Crippen LogP contribution is 2.21. The first-order valence-electron chi connectivity index (χ1n) is 7.10. The fourth-order valence-corrected chi connectivity index (χ4v) is 2.91. The summed E-state index contributed by atoms with van der Waals surface area (Å²) in [5.41, 5.74) is 4.61. The van der Waals surface area contributed by atoms with Gasteiger partial charge in [-0.15, -0.1) is 11.8 Å². The lowest BCUT2D eigenvalue weighted by molar-refractivity contribution is -0.115. The molecule has 110 valence electrons. The van der Waals surface area contributed by atoms with Gasteiger partial charge in [-0.1, -0.05) is 42.0 Å². The molecule has 0 saturated heterocycles. The van der Waals surface area contributed by atoms with E-state index in [0.29, 0.717) is 0 Å². The van der Waals surface area contributed by atoms with Crippen molar-refractivity contribution in [1.29, 1.82) is 0 Å². The molecule has 0 aromatic heterocycles. The first-order valence-corrected chi connectivity index (χ1v) is 8.15. The van der Waals surface area contributed by atoms with Gasteiger partial charge in [0, 0.05) is 11.4 Å². The SMILES string of the molecule is Cc1ccc(NC(=O)[C@@H](C)SCc2ccccc2C)cc1. The van der Waals surface area contributed by atoms with Gasteiger partial charge in [0.2, 0.25) is 5.91 Å². The molecule has 21 heavy (non-hydrogen) atoms. The second-order valence-corrected chi connectivity index (χ2v) is 6.56. The summed E-state index contributed by atoms with van der Waals surface area (Å²) in [4.78, 5) is 12.2. The molecular weight excluding hydrogens is 278 g/mol. The lowest BCUT2D eigenvalue weighted by Crippen LogP contribution is -2.22. The number of benzene rings is 2. The molecule has 2 rings (SSSR count). The van der Waals surface area contributed by atoms with Crippen molar-refractivity contribution in [3.8, 4) is 0 Å². The van der Waals surface area contributed by atoms with Crippen LogP contribution in [0.25, 0.3) is 0 Å². The van der Waals surface area contributed by atoms with E-state index in [0.717, 1.165) is 11.4 Å². The maximum absolute atomic E-state index is 12.2. The van der Waals surface area contributed by atoms with Crippen molar-refractivity contribution >= 4 is 23.4 Å². The highest BCUT2D eigenvalue weighted by molar-refractivity contribution is 7.99. The second kappa shape index (κ2) is 7.32. The number of thioether (sulfide) groups is 1. The molecule has 0 spiro atoms. The van der Waals surface area contributed by atoms with E-state index in [4.69, 9.17) is 0 Å². The minimum Gasteiger partial charge on any atom is -0.325 e. The van der Waals surface area contributed by atoms with Crippen LogP contribution in [-0.2, 0) is 10.5 Å². The molecule has 1 amide bonds. The second-order valence-electron chi connectivity index (χ2n) is 5.23. The molecule has 2 aromatic carbocycles. The number of rotatable bonds is 5. The molecule has 1 atom stereocenters. The summed E-state index contributed by atoms with van der Waals surface area (Å²) in [6, 6.07) is 16.2. The highest BCUT2D eigenvalue weighted by atomic mass is 32.2. The van der Waals surface area contributed by atoms with E-state index in [1.807, 2.05) is 50.2 Å². The molecule has 2 aromatic rings. The van der Waals surface area contributed by atoms with Gasteiger partial charge in [0.15, 0.2) is 0 Å². The van der Waals surface area contributed by atoms with Crippen LogP contribution in [0.5, 0.6) is 0 Å². The third kappa shape index (κ3) is 4.64. The van der Waals surface area contributed by atoms with Gasteiger partial charge < -0.3 is 5.32 Å². The number of carbonyl (C=O) groups excluding carboxylic acids is 1. The fraction of sp³-hybridized carbons (Fsp3) is 0.278. The summed E-state index contributed by atoms with van der Waals surface area (Å²) < 4.78 is 0. The van der Waals surface area contributed by atoms with Crippen molar-refractivity contribution < 1.29 is 4.79 Å². The monoisotopic (exact) mass is 299 g/mol. The van der Waals surface area contributed by atoms with Gasteiger partial charge in [0.1, 0.15) is 0 Å². The number of amides is 1. The number of anilines is 1. The molecule has 0 aliphatic rings. The molecule has 0 aliphatic carbocycles. The van der Waals surface area contributed by atoms with E-state index in [-0.39, 0.29) is 11.2 Å². The van der Waals surface area contributed by atoms with Crippen molar-refractivity contribution in [3.05, 3.63) is 65.2 Å². The summed E-state index contributed by atoms with van der Waals surface area (Å²) in [6.45, 7) is 6.09. The molecule has 0 unspecified atom stereocenters. The number of hydrogen-bond donors (Lipinski definition) is 1. The van der Waals surface area contributed by atoms with Gasteiger partial charge >= 0.3 is 0 Å². The fourth-order valence-electron chi connectivity index (χ4n) is 1.94. The number of carbonyl (C=O) groups is 1. The summed E-state index contributed by atoms with van der Waals surface area (Å²) in [7, 11) is 0. The maximum atomic E-state index is 12.2. The average Bonchev–Trinajstić information content (AvgIpc) is 2.48. The highest BCUT2D eigenvalue weighted by Gasteiger charge is 2.14. The topological polar surface area (TPSA) is 29.1 Å². The lowest BCUT2D eigenvalue weighted by atomic mass is 10.1.